The number of carbonyl (C=O) groups excluding carboxylic acids is 1. The number of amides is 1. The highest BCUT2D eigenvalue weighted by molar-refractivity contribution is 7.99. The lowest BCUT2D eigenvalue weighted by Crippen LogP contribution is -2.20. The molecule has 0 atom stereocenters. The first-order chi connectivity index (χ1) is 17.8. The van der Waals surface area contributed by atoms with Gasteiger partial charge in [-0.1, -0.05) is 75.0 Å². The van der Waals surface area contributed by atoms with Crippen LogP contribution in [0.1, 0.15) is 31.9 Å². The molecule has 3 aromatic carbocycles. The average molecular weight is 518 g/mol. The van der Waals surface area contributed by atoms with E-state index >= 15 is 0 Å². The van der Waals surface area contributed by atoms with Crippen LogP contribution in [0, 0.1) is 5.82 Å². The third-order valence-corrected chi connectivity index (χ3v) is 6.53. The molecule has 1 aromatic heterocycles. The van der Waals surface area contributed by atoms with Crippen molar-refractivity contribution in [3.63, 3.8) is 0 Å². The van der Waals surface area contributed by atoms with Gasteiger partial charge in [-0.05, 0) is 41.3 Å². The molecule has 190 valence electrons. The van der Waals surface area contributed by atoms with Crippen LogP contribution < -0.4 is 10.2 Å². The van der Waals surface area contributed by atoms with Crippen LogP contribution in [0.5, 0.6) is 5.75 Å². The number of methoxy groups -OCH3 is 1. The van der Waals surface area contributed by atoms with E-state index in [4.69, 9.17) is 4.74 Å². The maximum atomic E-state index is 13.7. The van der Waals surface area contributed by atoms with Crippen LogP contribution in [-0.2, 0) is 10.2 Å². The molecule has 0 aliphatic heterocycles. The number of hydrazone groups is 1. The molecule has 4 aromatic rings. The molecule has 4 rings (SSSR count). The molecule has 1 heterocycles. The number of benzene rings is 3. The molecule has 37 heavy (non-hydrogen) atoms. The normalized spacial score (nSPS) is 11.6. The van der Waals surface area contributed by atoms with Crippen molar-refractivity contribution in [1.82, 2.24) is 20.2 Å². The minimum Gasteiger partial charge on any atom is -0.497 e. The topological polar surface area (TPSA) is 81.4 Å². The van der Waals surface area contributed by atoms with Gasteiger partial charge in [0, 0.05) is 16.8 Å². The Morgan fingerprint density at radius 3 is 2.41 bits per heavy atom. The monoisotopic (exact) mass is 517 g/mol. The van der Waals surface area contributed by atoms with Crippen molar-refractivity contribution in [3.05, 3.63) is 89.7 Å². The van der Waals surface area contributed by atoms with Gasteiger partial charge in [0.1, 0.15) is 11.6 Å². The Morgan fingerprint density at radius 1 is 1.05 bits per heavy atom. The van der Waals surface area contributed by atoms with Gasteiger partial charge in [0.25, 0.3) is 5.91 Å². The lowest BCUT2D eigenvalue weighted by atomic mass is 9.87. The van der Waals surface area contributed by atoms with E-state index in [-0.39, 0.29) is 22.6 Å². The Morgan fingerprint density at radius 2 is 1.76 bits per heavy atom. The van der Waals surface area contributed by atoms with Crippen molar-refractivity contribution in [2.45, 2.75) is 31.3 Å². The van der Waals surface area contributed by atoms with Crippen LogP contribution >= 0.6 is 11.8 Å². The molecule has 9 heteroatoms. The lowest BCUT2D eigenvalue weighted by molar-refractivity contribution is -0.118. The molecule has 0 saturated heterocycles. The van der Waals surface area contributed by atoms with Crippen LogP contribution in [0.25, 0.3) is 17.1 Å². The van der Waals surface area contributed by atoms with E-state index in [0.717, 1.165) is 17.0 Å². The van der Waals surface area contributed by atoms with E-state index in [1.165, 1.54) is 29.6 Å². The van der Waals surface area contributed by atoms with E-state index in [2.05, 4.69) is 53.6 Å². The minimum absolute atomic E-state index is 0.0331. The second kappa shape index (κ2) is 11.4. The highest BCUT2D eigenvalue weighted by Gasteiger charge is 2.19. The van der Waals surface area contributed by atoms with Gasteiger partial charge in [-0.3, -0.25) is 9.36 Å². The third kappa shape index (κ3) is 6.42. The van der Waals surface area contributed by atoms with Crippen molar-refractivity contribution in [1.29, 1.82) is 0 Å². The number of aromatic nitrogens is 3. The maximum absolute atomic E-state index is 13.7. The summed E-state index contributed by atoms with van der Waals surface area (Å²) in [6.45, 7) is 6.51. The van der Waals surface area contributed by atoms with Gasteiger partial charge < -0.3 is 4.74 Å². The first-order valence-corrected chi connectivity index (χ1v) is 12.6. The number of nitrogens with one attached hydrogen (secondary N) is 1. The Labute approximate surface area is 219 Å². The smallest absolute Gasteiger partial charge is 0.250 e. The van der Waals surface area contributed by atoms with Gasteiger partial charge in [-0.25, -0.2) is 9.82 Å². The van der Waals surface area contributed by atoms with Gasteiger partial charge >= 0.3 is 0 Å². The number of ether oxygens (including phenoxy) is 1. The molecule has 0 bridgehead atoms. The highest BCUT2D eigenvalue weighted by atomic mass is 32.2. The molecule has 0 aliphatic rings. The number of thioether (sulfide) groups is 1. The summed E-state index contributed by atoms with van der Waals surface area (Å²) in [4.78, 5) is 12.4. The fraction of sp³-hybridized carbons (Fsp3) is 0.214. The zero-order chi connectivity index (χ0) is 26.4. The second-order valence-corrected chi connectivity index (χ2v) is 10.2. The zero-order valence-electron chi connectivity index (χ0n) is 21.1. The number of nitrogens with zero attached hydrogens (tertiary/aromatic N) is 4. The van der Waals surface area contributed by atoms with E-state index < -0.39 is 5.82 Å². The zero-order valence-corrected chi connectivity index (χ0v) is 21.9. The summed E-state index contributed by atoms with van der Waals surface area (Å²) in [5.41, 5.74) is 5.71. The number of hydrogen-bond acceptors (Lipinski definition) is 6. The molecule has 1 N–H and O–H groups in total. The minimum atomic E-state index is -0.412. The molecular formula is C28H28FN5O2S. The van der Waals surface area contributed by atoms with Crippen LogP contribution in [-0.4, -0.2) is 39.7 Å². The van der Waals surface area contributed by atoms with Gasteiger partial charge in [-0.15, -0.1) is 10.2 Å². The first-order valence-electron chi connectivity index (χ1n) is 11.7. The number of hydrogen-bond donors (Lipinski definition) is 1. The summed E-state index contributed by atoms with van der Waals surface area (Å²) in [7, 11) is 1.62. The average Bonchev–Trinajstić information content (AvgIpc) is 3.32. The summed E-state index contributed by atoms with van der Waals surface area (Å²) in [6, 6.07) is 22.0. The van der Waals surface area contributed by atoms with Crippen LogP contribution in [0.3, 0.4) is 0 Å². The van der Waals surface area contributed by atoms with Crippen molar-refractivity contribution >= 4 is 23.9 Å². The molecule has 0 radical (unpaired) electrons. The Hall–Kier alpha value is -3.98. The van der Waals surface area contributed by atoms with Crippen molar-refractivity contribution in [3.8, 4) is 22.8 Å². The maximum Gasteiger partial charge on any atom is 0.250 e. The number of halogens is 1. The fourth-order valence-corrected chi connectivity index (χ4v) is 4.29. The van der Waals surface area contributed by atoms with Crippen molar-refractivity contribution in [2.24, 2.45) is 5.10 Å². The van der Waals surface area contributed by atoms with Crippen molar-refractivity contribution < 1.29 is 13.9 Å². The van der Waals surface area contributed by atoms with E-state index in [0.29, 0.717) is 11.0 Å². The van der Waals surface area contributed by atoms with Gasteiger partial charge in [0.15, 0.2) is 11.0 Å². The molecule has 0 fully saturated rings. The standard InChI is InChI=1S/C28H28FN5O2S/c1-28(2,3)21-11-9-19(10-12-21)26-32-33-27(34(26)22-13-15-23(36-4)16-14-22)37-18-25(35)31-30-17-20-7-5-6-8-24(20)29/h5-17H,18H2,1-4H3,(H,31,35)/b30-17-. The SMILES string of the molecule is COc1ccc(-n2c(SCC(=O)N/N=C\c3ccccc3F)nnc2-c2ccc(C(C)(C)C)cc2)cc1. The molecular weight excluding hydrogens is 489 g/mol. The van der Waals surface area contributed by atoms with Gasteiger partial charge in [0.05, 0.1) is 19.1 Å². The summed E-state index contributed by atoms with van der Waals surface area (Å²) in [5, 5.41) is 13.2. The Balaban J connectivity index is 1.56. The summed E-state index contributed by atoms with van der Waals surface area (Å²) in [6.07, 6.45) is 1.27. The van der Waals surface area contributed by atoms with Crippen LogP contribution in [0.2, 0.25) is 0 Å². The quantitative estimate of drug-likeness (QED) is 0.186. The van der Waals surface area contributed by atoms with Gasteiger partial charge in [-0.2, -0.15) is 5.10 Å². The van der Waals surface area contributed by atoms with Gasteiger partial charge in [0.2, 0.25) is 0 Å². The van der Waals surface area contributed by atoms with Crippen LogP contribution in [0.15, 0.2) is 83.1 Å². The largest absolute Gasteiger partial charge is 0.497 e. The van der Waals surface area contributed by atoms with E-state index in [9.17, 15) is 9.18 Å². The first kappa shape index (κ1) is 26.1. The predicted molar refractivity (Wildman–Crippen MR) is 145 cm³/mol. The lowest BCUT2D eigenvalue weighted by Gasteiger charge is -2.19. The molecule has 0 spiro atoms. The summed E-state index contributed by atoms with van der Waals surface area (Å²) in [5.74, 6) is 0.676. The highest BCUT2D eigenvalue weighted by Crippen LogP contribution is 2.30. The number of rotatable bonds is 8. The van der Waals surface area contributed by atoms with Crippen molar-refractivity contribution in [2.75, 3.05) is 12.9 Å². The Bertz CT molecular complexity index is 1390. The molecule has 7 nitrogen and oxygen atoms in total. The third-order valence-electron chi connectivity index (χ3n) is 5.60. The predicted octanol–water partition coefficient (Wildman–Crippen LogP) is 5.62. The summed E-state index contributed by atoms with van der Waals surface area (Å²) < 4.78 is 20.9. The fourth-order valence-electron chi connectivity index (χ4n) is 3.55. The van der Waals surface area contributed by atoms with E-state index in [1.54, 1.807) is 25.3 Å². The molecule has 0 saturated carbocycles. The van der Waals surface area contributed by atoms with Crippen LogP contribution in [0.4, 0.5) is 4.39 Å². The molecule has 0 unspecified atom stereocenters. The number of carbonyl (C=O) groups is 1. The van der Waals surface area contributed by atoms with E-state index in [1.807, 2.05) is 41.0 Å². The second-order valence-electron chi connectivity index (χ2n) is 9.27. The summed E-state index contributed by atoms with van der Waals surface area (Å²) >= 11 is 1.23. The molecule has 1 amide bonds. The Kier molecular flexibility index (Phi) is 8.03. The molecule has 0 aliphatic carbocycles.